The lowest BCUT2D eigenvalue weighted by molar-refractivity contribution is 0.0946. The van der Waals surface area contributed by atoms with Gasteiger partial charge in [0.05, 0.1) is 6.33 Å². The highest BCUT2D eigenvalue weighted by molar-refractivity contribution is 5.91. The number of unbranched alkanes of at least 4 members (excludes halogenated alkanes) is 1. The highest BCUT2D eigenvalue weighted by Gasteiger charge is 2.09. The van der Waals surface area contributed by atoms with Crippen molar-refractivity contribution in [3.8, 4) is 0 Å². The molecule has 2 rings (SSSR count). The Labute approximate surface area is 122 Å². The number of nitrogens with one attached hydrogen (secondary N) is 2. The molecule has 0 aliphatic rings. The summed E-state index contributed by atoms with van der Waals surface area (Å²) < 4.78 is 1.34. The largest absolute Gasteiger partial charge is 0.350 e. The Hall–Kier alpha value is -2.44. The number of H-pyrrole nitrogens is 1. The Morgan fingerprint density at radius 1 is 1.43 bits per heavy atom. The van der Waals surface area contributed by atoms with Crippen LogP contribution in [0.4, 0.5) is 0 Å². The summed E-state index contributed by atoms with van der Waals surface area (Å²) in [7, 11) is 0. The number of rotatable bonds is 7. The third-order valence-electron chi connectivity index (χ3n) is 3.06. The fraction of sp³-hybridized carbons (Fsp3) is 0.429. The molecule has 0 unspecified atom stereocenters. The zero-order valence-corrected chi connectivity index (χ0v) is 12.0. The molecule has 0 atom stereocenters. The van der Waals surface area contributed by atoms with Crippen molar-refractivity contribution in [3.05, 3.63) is 46.4 Å². The summed E-state index contributed by atoms with van der Waals surface area (Å²) >= 11 is 0. The van der Waals surface area contributed by atoms with Gasteiger partial charge in [0.2, 0.25) is 0 Å². The van der Waals surface area contributed by atoms with E-state index < -0.39 is 0 Å². The van der Waals surface area contributed by atoms with Gasteiger partial charge in [-0.05, 0) is 12.5 Å². The van der Waals surface area contributed by atoms with Crippen molar-refractivity contribution < 1.29 is 4.79 Å². The average molecular weight is 289 g/mol. The van der Waals surface area contributed by atoms with Gasteiger partial charge in [0.15, 0.2) is 0 Å². The smallest absolute Gasteiger partial charge is 0.271 e. The molecule has 2 heterocycles. The quantitative estimate of drug-likeness (QED) is 0.786. The summed E-state index contributed by atoms with van der Waals surface area (Å²) in [5.74, 6) is -0.278. The monoisotopic (exact) mass is 289 g/mol. The molecule has 21 heavy (non-hydrogen) atoms. The number of aromatic amines is 1. The fourth-order valence-electron chi connectivity index (χ4n) is 1.86. The van der Waals surface area contributed by atoms with E-state index in [0.29, 0.717) is 19.5 Å². The van der Waals surface area contributed by atoms with Crippen molar-refractivity contribution >= 4 is 5.91 Å². The van der Waals surface area contributed by atoms with Crippen molar-refractivity contribution in [3.63, 3.8) is 0 Å². The van der Waals surface area contributed by atoms with E-state index in [-0.39, 0.29) is 17.2 Å². The number of aromatic nitrogens is 4. The molecule has 0 aromatic carbocycles. The Morgan fingerprint density at radius 3 is 3.00 bits per heavy atom. The molecule has 7 heteroatoms. The molecule has 0 aliphatic heterocycles. The van der Waals surface area contributed by atoms with Gasteiger partial charge in [-0.2, -0.15) is 5.10 Å². The number of nitrogens with zero attached hydrogens (tertiary/aromatic N) is 3. The Morgan fingerprint density at radius 2 is 2.29 bits per heavy atom. The second-order valence-electron chi connectivity index (χ2n) is 4.72. The van der Waals surface area contributed by atoms with Crippen LogP contribution in [0, 0.1) is 0 Å². The summed E-state index contributed by atoms with van der Waals surface area (Å²) in [5.41, 5.74) is 1.03. The van der Waals surface area contributed by atoms with Crippen molar-refractivity contribution in [2.75, 3.05) is 6.54 Å². The average Bonchev–Trinajstić information content (AvgIpc) is 2.99. The maximum Gasteiger partial charge on any atom is 0.271 e. The minimum Gasteiger partial charge on any atom is -0.350 e. The Kier molecular flexibility index (Phi) is 5.25. The van der Waals surface area contributed by atoms with Crippen molar-refractivity contribution in [1.82, 2.24) is 25.1 Å². The van der Waals surface area contributed by atoms with E-state index in [1.807, 2.05) is 6.92 Å². The summed E-state index contributed by atoms with van der Waals surface area (Å²) in [4.78, 5) is 30.5. The molecule has 7 nitrogen and oxygen atoms in total. The Bertz CT molecular complexity index is 633. The number of hydrogen-bond acceptors (Lipinski definition) is 4. The number of amides is 1. The molecule has 112 valence electrons. The van der Waals surface area contributed by atoms with E-state index in [2.05, 4.69) is 20.4 Å². The summed E-state index contributed by atoms with van der Waals surface area (Å²) in [6.07, 6.45) is 5.81. The van der Waals surface area contributed by atoms with E-state index in [9.17, 15) is 9.59 Å². The zero-order valence-electron chi connectivity index (χ0n) is 12.0. The minimum absolute atomic E-state index is 0.183. The third kappa shape index (κ3) is 4.27. The molecule has 2 N–H and O–H groups in total. The first-order valence-corrected chi connectivity index (χ1v) is 7.04. The van der Waals surface area contributed by atoms with Crippen LogP contribution in [0.2, 0.25) is 0 Å². The van der Waals surface area contributed by atoms with E-state index in [1.165, 1.54) is 16.8 Å². The lowest BCUT2D eigenvalue weighted by Gasteiger charge is -2.07. The normalized spacial score (nSPS) is 10.5. The molecule has 0 aliphatic carbocycles. The van der Waals surface area contributed by atoms with E-state index in [4.69, 9.17) is 0 Å². The number of carbonyl (C=O) groups excluding carboxylic acids is 1. The molecule has 1 amide bonds. The van der Waals surface area contributed by atoms with Crippen molar-refractivity contribution in [2.24, 2.45) is 0 Å². The van der Waals surface area contributed by atoms with Crippen LogP contribution >= 0.6 is 0 Å². The lowest BCUT2D eigenvalue weighted by Crippen LogP contribution is -2.30. The van der Waals surface area contributed by atoms with Gasteiger partial charge >= 0.3 is 0 Å². The molecule has 0 bridgehead atoms. The number of imidazole rings is 1. The topological polar surface area (TPSA) is 92.7 Å². The fourth-order valence-corrected chi connectivity index (χ4v) is 1.86. The van der Waals surface area contributed by atoms with Gasteiger partial charge in [-0.25, -0.2) is 9.67 Å². The van der Waals surface area contributed by atoms with Crippen LogP contribution in [-0.2, 0) is 13.0 Å². The first-order chi connectivity index (χ1) is 10.2. The van der Waals surface area contributed by atoms with Gasteiger partial charge in [0.1, 0.15) is 5.69 Å². The van der Waals surface area contributed by atoms with Gasteiger partial charge in [0.25, 0.3) is 11.5 Å². The van der Waals surface area contributed by atoms with E-state index in [0.717, 1.165) is 18.5 Å². The molecule has 0 spiro atoms. The molecule has 0 saturated heterocycles. The van der Waals surface area contributed by atoms with Crippen molar-refractivity contribution in [1.29, 1.82) is 0 Å². The second-order valence-corrected chi connectivity index (χ2v) is 4.72. The predicted octanol–water partition coefficient (Wildman–Crippen LogP) is 0.739. The van der Waals surface area contributed by atoms with Crippen LogP contribution in [0.3, 0.4) is 0 Å². The standard InChI is InChI=1S/C14H19N5O2/c1-2-3-8-19-13(20)5-4-12(18-19)14(21)16-7-6-11-9-15-10-17-11/h4-5,9-10H,2-3,6-8H2,1H3,(H,15,17)(H,16,21). The highest BCUT2D eigenvalue weighted by Crippen LogP contribution is 1.95. The van der Waals surface area contributed by atoms with Gasteiger partial charge in [-0.1, -0.05) is 13.3 Å². The minimum atomic E-state index is -0.278. The van der Waals surface area contributed by atoms with Gasteiger partial charge < -0.3 is 10.3 Å². The predicted molar refractivity (Wildman–Crippen MR) is 78.0 cm³/mol. The molecule has 0 radical (unpaired) electrons. The van der Waals surface area contributed by atoms with Crippen LogP contribution < -0.4 is 10.9 Å². The van der Waals surface area contributed by atoms with Gasteiger partial charge in [-0.15, -0.1) is 0 Å². The maximum absolute atomic E-state index is 12.0. The number of carbonyl (C=O) groups is 1. The number of aryl methyl sites for hydroxylation is 1. The van der Waals surface area contributed by atoms with Crippen molar-refractivity contribution in [2.45, 2.75) is 32.7 Å². The summed E-state index contributed by atoms with van der Waals surface area (Å²) in [6, 6.07) is 2.84. The van der Waals surface area contributed by atoms with Crippen LogP contribution in [0.1, 0.15) is 35.9 Å². The molecule has 2 aromatic heterocycles. The molecule has 0 saturated carbocycles. The van der Waals surface area contributed by atoms with Crippen LogP contribution in [0.25, 0.3) is 0 Å². The van der Waals surface area contributed by atoms with Crippen LogP contribution in [0.5, 0.6) is 0 Å². The van der Waals surface area contributed by atoms with E-state index in [1.54, 1.807) is 12.5 Å². The maximum atomic E-state index is 12.0. The zero-order chi connectivity index (χ0) is 15.1. The first kappa shape index (κ1) is 15.0. The number of hydrogen-bond donors (Lipinski definition) is 2. The Balaban J connectivity index is 1.93. The summed E-state index contributed by atoms with van der Waals surface area (Å²) in [6.45, 7) is 3.05. The SMILES string of the molecule is CCCCn1nc(C(=O)NCCc2cnc[nH]2)ccc1=O. The molecular formula is C14H19N5O2. The highest BCUT2D eigenvalue weighted by atomic mass is 16.2. The lowest BCUT2D eigenvalue weighted by atomic mass is 10.3. The van der Waals surface area contributed by atoms with Gasteiger partial charge in [0, 0.05) is 37.5 Å². The van der Waals surface area contributed by atoms with Crippen LogP contribution in [-0.4, -0.2) is 32.2 Å². The third-order valence-corrected chi connectivity index (χ3v) is 3.06. The molecular weight excluding hydrogens is 270 g/mol. The first-order valence-electron chi connectivity index (χ1n) is 7.04. The second kappa shape index (κ2) is 7.37. The molecule has 0 fully saturated rings. The summed E-state index contributed by atoms with van der Waals surface area (Å²) in [5, 5.41) is 6.87. The van der Waals surface area contributed by atoms with E-state index >= 15 is 0 Å². The van der Waals surface area contributed by atoms with Gasteiger partial charge in [-0.3, -0.25) is 9.59 Å². The molecule has 2 aromatic rings. The van der Waals surface area contributed by atoms with Crippen LogP contribution in [0.15, 0.2) is 29.5 Å².